The summed E-state index contributed by atoms with van der Waals surface area (Å²) >= 11 is 0. The maximum absolute atomic E-state index is 12.8. The van der Waals surface area contributed by atoms with Crippen LogP contribution >= 0.6 is 0 Å². The van der Waals surface area contributed by atoms with E-state index in [1.165, 1.54) is 18.5 Å². The summed E-state index contributed by atoms with van der Waals surface area (Å²) in [7, 11) is 0. The van der Waals surface area contributed by atoms with Crippen LogP contribution in [0, 0.1) is 5.82 Å². The van der Waals surface area contributed by atoms with E-state index in [1.54, 1.807) is 12.3 Å². The van der Waals surface area contributed by atoms with E-state index in [2.05, 4.69) is 15.3 Å². The number of aromatic nitrogens is 2. The van der Waals surface area contributed by atoms with Crippen LogP contribution in [0.1, 0.15) is 16.1 Å². The average molecular weight is 246 g/mol. The third kappa shape index (κ3) is 2.79. The molecule has 0 aliphatic heterocycles. The Morgan fingerprint density at radius 1 is 1.39 bits per heavy atom. The topological polar surface area (TPSA) is 80.9 Å². The summed E-state index contributed by atoms with van der Waals surface area (Å²) < 4.78 is 12.8. The van der Waals surface area contributed by atoms with Crippen molar-refractivity contribution in [2.24, 2.45) is 0 Å². The Hall–Kier alpha value is -2.50. The first-order valence-corrected chi connectivity index (χ1v) is 5.25. The number of carbonyl (C=O) groups excluding carboxylic acids is 1. The first-order chi connectivity index (χ1) is 8.66. The summed E-state index contributed by atoms with van der Waals surface area (Å²) in [5, 5.41) is 2.64. The Labute approximate surface area is 103 Å². The number of anilines is 1. The number of halogens is 1. The van der Waals surface area contributed by atoms with Crippen LogP contribution in [-0.2, 0) is 6.54 Å². The number of hydrogen-bond donors (Lipinski definition) is 2. The number of nitrogens with two attached hydrogens (primary N) is 1. The molecule has 1 aromatic carbocycles. The minimum absolute atomic E-state index is 0.107. The SMILES string of the molecule is Nc1cc(F)ccc1C(=O)NCc1ccncn1. The number of nitrogens with one attached hydrogen (secondary N) is 1. The third-order valence-corrected chi connectivity index (χ3v) is 2.33. The van der Waals surface area contributed by atoms with Crippen molar-refractivity contribution in [2.45, 2.75) is 6.54 Å². The van der Waals surface area contributed by atoms with Crippen LogP contribution in [0.15, 0.2) is 36.8 Å². The zero-order valence-corrected chi connectivity index (χ0v) is 9.43. The molecule has 92 valence electrons. The van der Waals surface area contributed by atoms with Crippen LogP contribution in [0.25, 0.3) is 0 Å². The van der Waals surface area contributed by atoms with Crippen LogP contribution in [-0.4, -0.2) is 15.9 Å². The zero-order valence-electron chi connectivity index (χ0n) is 9.43. The summed E-state index contributed by atoms with van der Waals surface area (Å²) in [6.07, 6.45) is 2.98. The lowest BCUT2D eigenvalue weighted by Crippen LogP contribution is -2.24. The molecule has 2 aromatic rings. The molecule has 0 saturated heterocycles. The van der Waals surface area contributed by atoms with E-state index in [0.717, 1.165) is 6.07 Å². The molecule has 0 aliphatic carbocycles. The molecule has 0 unspecified atom stereocenters. The fourth-order valence-corrected chi connectivity index (χ4v) is 1.43. The molecule has 0 saturated carbocycles. The maximum atomic E-state index is 12.8. The van der Waals surface area contributed by atoms with E-state index in [9.17, 15) is 9.18 Å². The van der Waals surface area contributed by atoms with Gasteiger partial charge in [0.15, 0.2) is 0 Å². The quantitative estimate of drug-likeness (QED) is 0.795. The number of hydrogen-bond acceptors (Lipinski definition) is 4. The predicted molar refractivity (Wildman–Crippen MR) is 64.0 cm³/mol. The molecule has 0 atom stereocenters. The highest BCUT2D eigenvalue weighted by Gasteiger charge is 2.10. The van der Waals surface area contributed by atoms with Gasteiger partial charge in [-0.05, 0) is 24.3 Å². The van der Waals surface area contributed by atoms with Gasteiger partial charge in [-0.3, -0.25) is 4.79 Å². The van der Waals surface area contributed by atoms with Gasteiger partial charge in [0.25, 0.3) is 5.91 Å². The minimum Gasteiger partial charge on any atom is -0.398 e. The van der Waals surface area contributed by atoms with Crippen LogP contribution in [0.2, 0.25) is 0 Å². The minimum atomic E-state index is -0.472. The molecule has 0 bridgehead atoms. The zero-order chi connectivity index (χ0) is 13.0. The fourth-order valence-electron chi connectivity index (χ4n) is 1.43. The number of nitrogens with zero attached hydrogens (tertiary/aromatic N) is 2. The highest BCUT2D eigenvalue weighted by molar-refractivity contribution is 5.99. The van der Waals surface area contributed by atoms with Crippen molar-refractivity contribution >= 4 is 11.6 Å². The average Bonchev–Trinajstić information content (AvgIpc) is 2.37. The van der Waals surface area contributed by atoms with E-state index < -0.39 is 5.82 Å². The van der Waals surface area contributed by atoms with Crippen molar-refractivity contribution in [1.29, 1.82) is 0 Å². The Morgan fingerprint density at radius 2 is 2.22 bits per heavy atom. The van der Waals surface area contributed by atoms with E-state index in [0.29, 0.717) is 5.69 Å². The van der Waals surface area contributed by atoms with Gasteiger partial charge in [0.2, 0.25) is 0 Å². The third-order valence-electron chi connectivity index (χ3n) is 2.33. The Bertz CT molecular complexity index is 559. The molecule has 1 amide bonds. The van der Waals surface area contributed by atoms with E-state index in [-0.39, 0.29) is 23.7 Å². The van der Waals surface area contributed by atoms with Gasteiger partial charge in [-0.15, -0.1) is 0 Å². The monoisotopic (exact) mass is 246 g/mol. The van der Waals surface area contributed by atoms with Crippen molar-refractivity contribution < 1.29 is 9.18 Å². The summed E-state index contributed by atoms with van der Waals surface area (Å²) in [6, 6.07) is 5.34. The van der Waals surface area contributed by atoms with Gasteiger partial charge in [0.05, 0.1) is 17.8 Å². The Kier molecular flexibility index (Phi) is 3.47. The van der Waals surface area contributed by atoms with E-state index in [4.69, 9.17) is 5.73 Å². The van der Waals surface area contributed by atoms with Gasteiger partial charge >= 0.3 is 0 Å². The smallest absolute Gasteiger partial charge is 0.253 e. The highest BCUT2D eigenvalue weighted by Crippen LogP contribution is 2.13. The molecule has 6 heteroatoms. The van der Waals surface area contributed by atoms with Gasteiger partial charge in [0.1, 0.15) is 12.1 Å². The van der Waals surface area contributed by atoms with Gasteiger partial charge < -0.3 is 11.1 Å². The molecule has 0 spiro atoms. The number of amides is 1. The van der Waals surface area contributed by atoms with Gasteiger partial charge in [-0.1, -0.05) is 0 Å². The second-order valence-electron chi connectivity index (χ2n) is 3.61. The fraction of sp³-hybridized carbons (Fsp3) is 0.0833. The number of carbonyl (C=O) groups is 1. The standard InChI is InChI=1S/C12H11FN4O/c13-8-1-2-10(11(14)5-8)12(18)16-6-9-3-4-15-7-17-9/h1-5,7H,6,14H2,(H,16,18). The van der Waals surface area contributed by atoms with Gasteiger partial charge in [0, 0.05) is 11.9 Å². The van der Waals surface area contributed by atoms with Crippen molar-refractivity contribution in [2.75, 3.05) is 5.73 Å². The summed E-state index contributed by atoms with van der Waals surface area (Å²) in [4.78, 5) is 19.5. The highest BCUT2D eigenvalue weighted by atomic mass is 19.1. The lowest BCUT2D eigenvalue weighted by atomic mass is 10.1. The molecular weight excluding hydrogens is 235 g/mol. The normalized spacial score (nSPS) is 10.1. The lowest BCUT2D eigenvalue weighted by molar-refractivity contribution is 0.0951. The first kappa shape index (κ1) is 12.0. The molecule has 1 heterocycles. The molecule has 1 aromatic heterocycles. The summed E-state index contributed by atoms with van der Waals surface area (Å²) in [6.45, 7) is 0.262. The Morgan fingerprint density at radius 3 is 2.89 bits per heavy atom. The molecule has 3 N–H and O–H groups in total. The second-order valence-corrected chi connectivity index (χ2v) is 3.61. The van der Waals surface area contributed by atoms with Crippen LogP contribution in [0.3, 0.4) is 0 Å². The van der Waals surface area contributed by atoms with Crippen LogP contribution < -0.4 is 11.1 Å². The lowest BCUT2D eigenvalue weighted by Gasteiger charge is -2.07. The predicted octanol–water partition coefficient (Wildman–Crippen LogP) is 1.13. The molecule has 0 aliphatic rings. The van der Waals surface area contributed by atoms with Crippen molar-refractivity contribution in [3.8, 4) is 0 Å². The van der Waals surface area contributed by atoms with Crippen molar-refractivity contribution in [3.05, 3.63) is 53.9 Å². The molecule has 18 heavy (non-hydrogen) atoms. The molecule has 2 rings (SSSR count). The van der Waals surface area contributed by atoms with Crippen molar-refractivity contribution in [1.82, 2.24) is 15.3 Å². The number of nitrogen functional groups attached to an aromatic ring is 1. The number of benzene rings is 1. The summed E-state index contributed by atoms with van der Waals surface area (Å²) in [5.74, 6) is -0.842. The first-order valence-electron chi connectivity index (χ1n) is 5.25. The van der Waals surface area contributed by atoms with Crippen LogP contribution in [0.4, 0.5) is 10.1 Å². The molecule has 5 nitrogen and oxygen atoms in total. The molecule has 0 radical (unpaired) electrons. The molecule has 0 fully saturated rings. The second kappa shape index (κ2) is 5.22. The van der Waals surface area contributed by atoms with Gasteiger partial charge in [-0.25, -0.2) is 14.4 Å². The largest absolute Gasteiger partial charge is 0.398 e. The Balaban J connectivity index is 2.04. The maximum Gasteiger partial charge on any atom is 0.253 e. The number of rotatable bonds is 3. The van der Waals surface area contributed by atoms with E-state index in [1.807, 2.05) is 0 Å². The van der Waals surface area contributed by atoms with Gasteiger partial charge in [-0.2, -0.15) is 0 Å². The van der Waals surface area contributed by atoms with Crippen LogP contribution in [0.5, 0.6) is 0 Å². The summed E-state index contributed by atoms with van der Waals surface area (Å²) in [5.41, 5.74) is 6.59. The van der Waals surface area contributed by atoms with E-state index >= 15 is 0 Å². The molecular formula is C12H11FN4O. The van der Waals surface area contributed by atoms with Crippen molar-refractivity contribution in [3.63, 3.8) is 0 Å².